The van der Waals surface area contributed by atoms with Gasteiger partial charge in [-0.2, -0.15) is 0 Å². The average molecular weight is 710 g/mol. The van der Waals surface area contributed by atoms with Gasteiger partial charge in [0.2, 0.25) is 0 Å². The molecule has 5 fully saturated rings. The van der Waals surface area contributed by atoms with Crippen LogP contribution in [0.5, 0.6) is 0 Å². The maximum Gasteiger partial charge on any atom is 0.0465 e. The maximum atomic E-state index is 2.53. The summed E-state index contributed by atoms with van der Waals surface area (Å²) in [5, 5.41) is 0. The molecule has 11 rings (SSSR count). The molecule has 6 aliphatic carbocycles. The Balaban J connectivity index is 1.01. The molecule has 1 nitrogen and oxygen atoms in total. The lowest BCUT2D eigenvalue weighted by Gasteiger charge is -2.42. The molecule has 0 radical (unpaired) electrons. The van der Waals surface area contributed by atoms with Crippen LogP contribution in [0.25, 0.3) is 22.3 Å². The number of nitrogens with zero attached hydrogens (tertiary/aromatic N) is 1. The molecule has 1 atom stereocenters. The van der Waals surface area contributed by atoms with Crippen molar-refractivity contribution < 1.29 is 0 Å². The molecule has 0 spiro atoms. The highest BCUT2D eigenvalue weighted by Crippen LogP contribution is 2.54. The standard InChI is InChI=1S/C53H59N/c1-53(2)51-35-46(32-33-48(51)49-15-9-14-47(52(49)53)41-22-20-39(21-23-41)37-10-5-3-6-11-37)54(44-28-24-40(25-29-44)38-12-7-4-8-13-38)45-30-26-43(27-31-45)50-34-36-16-18-42(50)19-17-36/h9,14-15,20-33,35-38,42,50H,3-8,10-13,16-19,34H2,1-2H3. The van der Waals surface area contributed by atoms with Crippen molar-refractivity contribution in [1.82, 2.24) is 0 Å². The quantitative estimate of drug-likeness (QED) is 0.163. The Labute approximate surface area is 325 Å². The van der Waals surface area contributed by atoms with Gasteiger partial charge in [0.1, 0.15) is 0 Å². The average Bonchev–Trinajstić information content (AvgIpc) is 3.48. The van der Waals surface area contributed by atoms with Gasteiger partial charge in [0.25, 0.3) is 0 Å². The molecule has 6 aliphatic rings. The fourth-order valence-electron chi connectivity index (χ4n) is 12.1. The summed E-state index contributed by atoms with van der Waals surface area (Å²) < 4.78 is 0. The van der Waals surface area contributed by atoms with Crippen molar-refractivity contribution in [2.45, 2.75) is 133 Å². The molecular formula is C53H59N. The first-order valence-corrected chi connectivity index (χ1v) is 21.9. The Bertz CT molecular complexity index is 2080. The molecule has 0 amide bonds. The van der Waals surface area contributed by atoms with Crippen LogP contribution in [0.4, 0.5) is 17.1 Å². The molecular weight excluding hydrogens is 651 g/mol. The summed E-state index contributed by atoms with van der Waals surface area (Å²) in [7, 11) is 0. The minimum atomic E-state index is -0.125. The van der Waals surface area contributed by atoms with E-state index in [1.807, 2.05) is 0 Å². The molecule has 5 aromatic rings. The van der Waals surface area contributed by atoms with Crippen molar-refractivity contribution in [3.63, 3.8) is 0 Å². The summed E-state index contributed by atoms with van der Waals surface area (Å²) in [6, 6.07) is 43.5. The van der Waals surface area contributed by atoms with Crippen LogP contribution in [-0.4, -0.2) is 0 Å². The van der Waals surface area contributed by atoms with E-state index in [1.165, 1.54) is 158 Å². The van der Waals surface area contributed by atoms with E-state index < -0.39 is 0 Å². The highest BCUT2D eigenvalue weighted by molar-refractivity contribution is 5.90. The molecule has 276 valence electrons. The van der Waals surface area contributed by atoms with Crippen LogP contribution in [0.2, 0.25) is 0 Å². The van der Waals surface area contributed by atoms with Gasteiger partial charge in [0.15, 0.2) is 0 Å². The first-order chi connectivity index (χ1) is 26.5. The minimum Gasteiger partial charge on any atom is -0.310 e. The number of benzene rings is 5. The third kappa shape index (κ3) is 6.15. The zero-order valence-corrected chi connectivity index (χ0v) is 32.8. The second kappa shape index (κ2) is 14.2. The summed E-state index contributed by atoms with van der Waals surface area (Å²) in [6.45, 7) is 4.91. The van der Waals surface area contributed by atoms with E-state index in [4.69, 9.17) is 0 Å². The Morgan fingerprint density at radius 1 is 0.481 bits per heavy atom. The Hall–Kier alpha value is -4.10. The van der Waals surface area contributed by atoms with Crippen LogP contribution < -0.4 is 4.90 Å². The molecule has 5 saturated carbocycles. The van der Waals surface area contributed by atoms with Crippen molar-refractivity contribution in [3.8, 4) is 22.3 Å². The van der Waals surface area contributed by atoms with Crippen LogP contribution in [0.3, 0.4) is 0 Å². The lowest BCUT2D eigenvalue weighted by molar-refractivity contribution is 0.145. The van der Waals surface area contributed by atoms with Crippen molar-refractivity contribution in [3.05, 3.63) is 137 Å². The second-order valence-corrected chi connectivity index (χ2v) is 18.5. The summed E-state index contributed by atoms with van der Waals surface area (Å²) in [5.74, 6) is 4.01. The maximum absolute atomic E-state index is 2.53. The molecule has 2 bridgehead atoms. The van der Waals surface area contributed by atoms with Crippen molar-refractivity contribution in [2.75, 3.05) is 4.90 Å². The third-order valence-corrected chi connectivity index (χ3v) is 15.1. The molecule has 0 N–H and O–H groups in total. The lowest BCUT2D eigenvalue weighted by atomic mass is 9.63. The van der Waals surface area contributed by atoms with Crippen LogP contribution >= 0.6 is 0 Å². The molecule has 54 heavy (non-hydrogen) atoms. The third-order valence-electron chi connectivity index (χ3n) is 15.1. The predicted octanol–water partition coefficient (Wildman–Crippen LogP) is 15.5. The number of rotatable bonds is 7. The van der Waals surface area contributed by atoms with E-state index in [1.54, 1.807) is 5.56 Å². The van der Waals surface area contributed by atoms with Gasteiger partial charge in [-0.3, -0.25) is 0 Å². The first kappa shape index (κ1) is 34.4. The number of fused-ring (bicyclic) bond motifs is 6. The molecule has 5 aromatic carbocycles. The zero-order valence-electron chi connectivity index (χ0n) is 32.8. The van der Waals surface area contributed by atoms with Gasteiger partial charge in [0.05, 0.1) is 0 Å². The van der Waals surface area contributed by atoms with Gasteiger partial charge in [0, 0.05) is 22.5 Å². The largest absolute Gasteiger partial charge is 0.310 e. The Kier molecular flexibility index (Phi) is 9.04. The highest BCUT2D eigenvalue weighted by atomic mass is 15.1. The van der Waals surface area contributed by atoms with E-state index in [9.17, 15) is 0 Å². The molecule has 0 heterocycles. The zero-order chi connectivity index (χ0) is 36.2. The number of hydrogen-bond donors (Lipinski definition) is 0. The van der Waals surface area contributed by atoms with Crippen LogP contribution in [0.1, 0.15) is 156 Å². The van der Waals surface area contributed by atoms with Gasteiger partial charge in [-0.25, -0.2) is 0 Å². The Morgan fingerprint density at radius 3 is 1.59 bits per heavy atom. The fraction of sp³-hybridized carbons (Fsp3) is 0.434. The lowest BCUT2D eigenvalue weighted by Crippen LogP contribution is -2.29. The summed E-state index contributed by atoms with van der Waals surface area (Å²) in [6.07, 6.45) is 20.8. The normalized spacial score (nSPS) is 23.6. The molecule has 0 aromatic heterocycles. The highest BCUT2D eigenvalue weighted by Gasteiger charge is 2.39. The van der Waals surface area contributed by atoms with Gasteiger partial charge in [-0.15, -0.1) is 0 Å². The monoisotopic (exact) mass is 709 g/mol. The number of anilines is 3. The smallest absolute Gasteiger partial charge is 0.0465 e. The van der Waals surface area contributed by atoms with E-state index in [-0.39, 0.29) is 5.41 Å². The second-order valence-electron chi connectivity index (χ2n) is 18.5. The van der Waals surface area contributed by atoms with Gasteiger partial charge < -0.3 is 4.90 Å². The van der Waals surface area contributed by atoms with Crippen molar-refractivity contribution in [1.29, 1.82) is 0 Å². The summed E-state index contributed by atoms with van der Waals surface area (Å²) >= 11 is 0. The first-order valence-electron chi connectivity index (χ1n) is 21.9. The van der Waals surface area contributed by atoms with E-state index in [0.717, 1.165) is 23.7 Å². The number of hydrogen-bond acceptors (Lipinski definition) is 1. The Morgan fingerprint density at radius 2 is 1.02 bits per heavy atom. The van der Waals surface area contributed by atoms with E-state index in [2.05, 4.69) is 128 Å². The topological polar surface area (TPSA) is 3.24 Å². The summed E-state index contributed by atoms with van der Waals surface area (Å²) in [5.41, 5.74) is 16.7. The molecule has 0 aliphatic heterocycles. The van der Waals surface area contributed by atoms with Gasteiger partial charge in [-0.1, -0.05) is 138 Å². The molecule has 1 unspecified atom stereocenters. The van der Waals surface area contributed by atoms with Crippen LogP contribution in [0, 0.1) is 11.8 Å². The SMILES string of the molecule is CC1(C)c2cc(N(c3ccc(C4CCCCC4)cc3)c3ccc(C4CC5CCC4CC5)cc3)ccc2-c2cccc(-c3ccc(C4CCCCC4)cc3)c21. The van der Waals surface area contributed by atoms with Crippen molar-refractivity contribution >= 4 is 17.1 Å². The summed E-state index contributed by atoms with van der Waals surface area (Å²) in [4.78, 5) is 2.53. The van der Waals surface area contributed by atoms with Gasteiger partial charge in [-0.05, 0) is 161 Å². The van der Waals surface area contributed by atoms with Crippen LogP contribution in [0.15, 0.2) is 109 Å². The van der Waals surface area contributed by atoms with E-state index in [0.29, 0.717) is 5.92 Å². The van der Waals surface area contributed by atoms with Crippen molar-refractivity contribution in [2.24, 2.45) is 11.8 Å². The minimum absolute atomic E-state index is 0.125. The van der Waals surface area contributed by atoms with Crippen LogP contribution in [-0.2, 0) is 5.41 Å². The van der Waals surface area contributed by atoms with E-state index >= 15 is 0 Å². The molecule has 1 heteroatoms. The fourth-order valence-corrected chi connectivity index (χ4v) is 12.1. The predicted molar refractivity (Wildman–Crippen MR) is 229 cm³/mol. The van der Waals surface area contributed by atoms with Gasteiger partial charge >= 0.3 is 0 Å². The molecule has 0 saturated heterocycles.